The molecule has 0 saturated carbocycles. The lowest BCUT2D eigenvalue weighted by molar-refractivity contribution is -0.127. The number of hydrogen-bond donors (Lipinski definition) is 1. The third-order valence-corrected chi connectivity index (χ3v) is 3.37. The van der Waals surface area contributed by atoms with E-state index in [9.17, 15) is 13.6 Å². The smallest absolute Gasteiger partial charge is 0.387 e. The molecule has 2 rings (SSSR count). The SMILES string of the molecule is CC(Oc1ccccc1)C(=O)NC(C)c1cccc(OC(F)F)c1. The molecule has 2 unspecified atom stereocenters. The molecular formula is C18H19F2NO3. The van der Waals surface area contributed by atoms with Gasteiger partial charge in [0.1, 0.15) is 11.5 Å². The molecule has 2 aromatic carbocycles. The van der Waals surface area contributed by atoms with Crippen LogP contribution >= 0.6 is 0 Å². The molecular weight excluding hydrogens is 316 g/mol. The van der Waals surface area contributed by atoms with Crippen molar-refractivity contribution in [2.45, 2.75) is 32.6 Å². The molecule has 0 spiro atoms. The maximum atomic E-state index is 12.3. The molecule has 0 aliphatic heterocycles. The molecule has 0 fully saturated rings. The fourth-order valence-electron chi connectivity index (χ4n) is 2.13. The first kappa shape index (κ1) is 17.7. The normalized spacial score (nSPS) is 13.2. The van der Waals surface area contributed by atoms with Crippen LogP contribution in [0, 0.1) is 0 Å². The number of benzene rings is 2. The van der Waals surface area contributed by atoms with Crippen molar-refractivity contribution in [1.82, 2.24) is 5.32 Å². The van der Waals surface area contributed by atoms with Gasteiger partial charge < -0.3 is 14.8 Å². The lowest BCUT2D eigenvalue weighted by Crippen LogP contribution is -2.37. The molecule has 0 saturated heterocycles. The van der Waals surface area contributed by atoms with Gasteiger partial charge in [-0.15, -0.1) is 0 Å². The largest absolute Gasteiger partial charge is 0.481 e. The Balaban J connectivity index is 1.95. The molecule has 24 heavy (non-hydrogen) atoms. The molecule has 1 N–H and O–H groups in total. The number of rotatable bonds is 7. The number of amides is 1. The molecule has 2 atom stereocenters. The molecule has 0 aromatic heterocycles. The average Bonchev–Trinajstić information content (AvgIpc) is 2.55. The van der Waals surface area contributed by atoms with Gasteiger partial charge in [-0.1, -0.05) is 30.3 Å². The van der Waals surface area contributed by atoms with Crippen LogP contribution in [0.4, 0.5) is 8.78 Å². The zero-order chi connectivity index (χ0) is 17.5. The van der Waals surface area contributed by atoms with Crippen molar-refractivity contribution in [1.29, 1.82) is 0 Å². The summed E-state index contributed by atoms with van der Waals surface area (Å²) < 4.78 is 34.5. The Morgan fingerprint density at radius 1 is 0.958 bits per heavy atom. The van der Waals surface area contributed by atoms with Crippen molar-refractivity contribution in [2.24, 2.45) is 0 Å². The van der Waals surface area contributed by atoms with Gasteiger partial charge in [0.2, 0.25) is 0 Å². The standard InChI is InChI=1S/C18H19F2NO3/c1-12(14-7-6-10-16(11-14)24-18(19)20)21-17(22)13(2)23-15-8-4-3-5-9-15/h3-13,18H,1-2H3,(H,21,22). The number of halogens is 2. The van der Waals surface area contributed by atoms with Crippen LogP contribution in [0.25, 0.3) is 0 Å². The lowest BCUT2D eigenvalue weighted by Gasteiger charge is -2.19. The second kappa shape index (κ2) is 8.29. The molecule has 0 radical (unpaired) electrons. The highest BCUT2D eigenvalue weighted by Crippen LogP contribution is 2.21. The van der Waals surface area contributed by atoms with Crippen molar-refractivity contribution in [3.05, 3.63) is 60.2 Å². The summed E-state index contributed by atoms with van der Waals surface area (Å²) >= 11 is 0. The minimum atomic E-state index is -2.88. The summed E-state index contributed by atoms with van der Waals surface area (Å²) in [4.78, 5) is 12.2. The fraction of sp³-hybridized carbons (Fsp3) is 0.278. The van der Waals surface area contributed by atoms with E-state index in [1.54, 1.807) is 38.1 Å². The van der Waals surface area contributed by atoms with Crippen LogP contribution in [0.3, 0.4) is 0 Å². The third kappa shape index (κ3) is 5.22. The van der Waals surface area contributed by atoms with Crippen LogP contribution < -0.4 is 14.8 Å². The van der Waals surface area contributed by atoms with Crippen molar-refractivity contribution < 1.29 is 23.0 Å². The Bertz CT molecular complexity index is 664. The van der Waals surface area contributed by atoms with Gasteiger partial charge in [-0.3, -0.25) is 4.79 Å². The quantitative estimate of drug-likeness (QED) is 0.834. The minimum Gasteiger partial charge on any atom is -0.481 e. The number of ether oxygens (including phenoxy) is 2. The van der Waals surface area contributed by atoms with Crippen molar-refractivity contribution >= 4 is 5.91 Å². The predicted molar refractivity (Wildman–Crippen MR) is 86.2 cm³/mol. The molecule has 0 aliphatic rings. The molecule has 2 aromatic rings. The fourth-order valence-corrected chi connectivity index (χ4v) is 2.13. The Hall–Kier alpha value is -2.63. The maximum absolute atomic E-state index is 12.3. The summed E-state index contributed by atoms with van der Waals surface area (Å²) in [5.74, 6) is 0.351. The van der Waals surface area contributed by atoms with Crippen LogP contribution in [0.2, 0.25) is 0 Å². The second-order valence-electron chi connectivity index (χ2n) is 5.25. The number of para-hydroxylation sites is 1. The van der Waals surface area contributed by atoms with Crippen molar-refractivity contribution in [3.63, 3.8) is 0 Å². The molecule has 0 heterocycles. The highest BCUT2D eigenvalue weighted by Gasteiger charge is 2.18. The summed E-state index contributed by atoms with van der Waals surface area (Å²) in [5, 5.41) is 2.79. The molecule has 0 bridgehead atoms. The highest BCUT2D eigenvalue weighted by atomic mass is 19.3. The lowest BCUT2D eigenvalue weighted by atomic mass is 10.1. The van der Waals surface area contributed by atoms with E-state index >= 15 is 0 Å². The average molecular weight is 335 g/mol. The molecule has 1 amide bonds. The van der Waals surface area contributed by atoms with Gasteiger partial charge >= 0.3 is 6.61 Å². The van der Waals surface area contributed by atoms with Gasteiger partial charge in [0, 0.05) is 0 Å². The molecule has 0 aliphatic carbocycles. The van der Waals surface area contributed by atoms with Gasteiger partial charge in [-0.25, -0.2) is 0 Å². The van der Waals surface area contributed by atoms with Gasteiger partial charge in [-0.2, -0.15) is 8.78 Å². The summed E-state index contributed by atoms with van der Waals surface area (Å²) in [7, 11) is 0. The second-order valence-corrected chi connectivity index (χ2v) is 5.25. The zero-order valence-electron chi connectivity index (χ0n) is 13.4. The van der Waals surface area contributed by atoms with Gasteiger partial charge in [0.15, 0.2) is 6.10 Å². The summed E-state index contributed by atoms with van der Waals surface area (Å²) in [6.45, 7) is 0.518. The van der Waals surface area contributed by atoms with Gasteiger partial charge in [-0.05, 0) is 43.7 Å². The first-order valence-corrected chi connectivity index (χ1v) is 7.52. The topological polar surface area (TPSA) is 47.6 Å². The van der Waals surface area contributed by atoms with Crippen molar-refractivity contribution in [3.8, 4) is 11.5 Å². The van der Waals surface area contributed by atoms with E-state index in [4.69, 9.17) is 4.74 Å². The first-order chi connectivity index (χ1) is 11.5. The van der Waals surface area contributed by atoms with E-state index in [1.807, 2.05) is 18.2 Å². The number of carbonyl (C=O) groups excluding carboxylic acids is 1. The highest BCUT2D eigenvalue weighted by molar-refractivity contribution is 5.81. The zero-order valence-corrected chi connectivity index (χ0v) is 13.4. The van der Waals surface area contributed by atoms with Gasteiger partial charge in [0.05, 0.1) is 6.04 Å². The Labute approximate surface area is 139 Å². The molecule has 6 heteroatoms. The third-order valence-electron chi connectivity index (χ3n) is 3.37. The first-order valence-electron chi connectivity index (χ1n) is 7.52. The van der Waals surface area contributed by atoms with Crippen LogP contribution in [0.5, 0.6) is 11.5 Å². The Morgan fingerprint density at radius 2 is 1.62 bits per heavy atom. The summed E-state index contributed by atoms with van der Waals surface area (Å²) in [5.41, 5.74) is 0.661. The predicted octanol–water partition coefficient (Wildman–Crippen LogP) is 3.93. The molecule has 4 nitrogen and oxygen atoms in total. The Kier molecular flexibility index (Phi) is 6.12. The summed E-state index contributed by atoms with van der Waals surface area (Å²) in [6, 6.07) is 14.9. The number of hydrogen-bond acceptors (Lipinski definition) is 3. The van der Waals surface area contributed by atoms with E-state index in [0.29, 0.717) is 11.3 Å². The van der Waals surface area contributed by atoms with Crippen LogP contribution in [0.1, 0.15) is 25.5 Å². The van der Waals surface area contributed by atoms with E-state index in [0.717, 1.165) is 0 Å². The number of alkyl halides is 2. The number of nitrogens with one attached hydrogen (secondary N) is 1. The minimum absolute atomic E-state index is 0.0529. The van der Waals surface area contributed by atoms with Crippen LogP contribution in [-0.4, -0.2) is 18.6 Å². The van der Waals surface area contributed by atoms with Crippen LogP contribution in [0.15, 0.2) is 54.6 Å². The monoisotopic (exact) mass is 335 g/mol. The summed E-state index contributed by atoms with van der Waals surface area (Å²) in [6.07, 6.45) is -0.685. The molecule has 128 valence electrons. The van der Waals surface area contributed by atoms with Crippen LogP contribution in [-0.2, 0) is 4.79 Å². The van der Waals surface area contributed by atoms with Crippen molar-refractivity contribution in [2.75, 3.05) is 0 Å². The van der Waals surface area contributed by atoms with Gasteiger partial charge in [0.25, 0.3) is 5.91 Å². The van der Waals surface area contributed by atoms with E-state index in [2.05, 4.69) is 10.1 Å². The van der Waals surface area contributed by atoms with E-state index < -0.39 is 12.7 Å². The van der Waals surface area contributed by atoms with E-state index in [1.165, 1.54) is 12.1 Å². The Morgan fingerprint density at radius 3 is 2.29 bits per heavy atom. The van der Waals surface area contributed by atoms with E-state index in [-0.39, 0.29) is 17.7 Å². The number of carbonyl (C=O) groups is 1. The maximum Gasteiger partial charge on any atom is 0.387 e.